The van der Waals surface area contributed by atoms with Gasteiger partial charge in [-0.3, -0.25) is 4.90 Å². The first kappa shape index (κ1) is 15.7. The van der Waals surface area contributed by atoms with Gasteiger partial charge in [0.25, 0.3) is 0 Å². The van der Waals surface area contributed by atoms with E-state index in [1.807, 2.05) is 0 Å². The molecule has 2 rings (SSSR count). The molecule has 112 valence electrons. The van der Waals surface area contributed by atoms with Crippen LogP contribution in [0.2, 0.25) is 0 Å². The van der Waals surface area contributed by atoms with E-state index in [4.69, 9.17) is 16.3 Å². The van der Waals surface area contributed by atoms with Crippen molar-refractivity contribution in [2.45, 2.75) is 45.1 Å². The summed E-state index contributed by atoms with van der Waals surface area (Å²) in [6.45, 7) is 9.93. The van der Waals surface area contributed by atoms with E-state index in [-0.39, 0.29) is 5.41 Å². The molecule has 0 radical (unpaired) electrons. The van der Waals surface area contributed by atoms with E-state index in [0.29, 0.717) is 6.10 Å². The summed E-state index contributed by atoms with van der Waals surface area (Å²) in [6.07, 6.45) is 2.50. The topological polar surface area (TPSA) is 12.5 Å². The van der Waals surface area contributed by atoms with E-state index in [1.165, 1.54) is 5.56 Å². The third-order valence-corrected chi connectivity index (χ3v) is 4.13. The molecule has 1 aliphatic rings. The molecule has 0 spiro atoms. The van der Waals surface area contributed by atoms with E-state index in [9.17, 15) is 0 Å². The largest absolute Gasteiger partial charge is 0.489 e. The molecule has 1 heterocycles. The maximum absolute atomic E-state index is 6.08. The van der Waals surface area contributed by atoms with Gasteiger partial charge in [0.1, 0.15) is 11.9 Å². The zero-order valence-corrected chi connectivity index (χ0v) is 13.6. The van der Waals surface area contributed by atoms with Gasteiger partial charge >= 0.3 is 0 Å². The van der Waals surface area contributed by atoms with Gasteiger partial charge in [-0.25, -0.2) is 0 Å². The van der Waals surface area contributed by atoms with Gasteiger partial charge in [0.05, 0.1) is 0 Å². The Kier molecular flexibility index (Phi) is 5.34. The van der Waals surface area contributed by atoms with Crippen molar-refractivity contribution in [3.63, 3.8) is 0 Å². The van der Waals surface area contributed by atoms with Gasteiger partial charge in [0, 0.05) is 19.0 Å². The van der Waals surface area contributed by atoms with Crippen LogP contribution in [0.15, 0.2) is 24.3 Å². The molecular formula is C17H26ClNO. The molecule has 1 aromatic rings. The standard InChI is InChI=1S/C17H26ClNO/c1-17(2,3)14-5-7-15(8-6-14)20-16-9-12-19(13-16)11-4-10-18/h5-8,16H,4,9-13H2,1-3H3/t16-/m0/s1. The van der Waals surface area contributed by atoms with Crippen LogP contribution in [-0.2, 0) is 5.41 Å². The molecule has 20 heavy (non-hydrogen) atoms. The Labute approximate surface area is 128 Å². The van der Waals surface area contributed by atoms with Gasteiger partial charge in [-0.15, -0.1) is 11.6 Å². The van der Waals surface area contributed by atoms with Crippen molar-refractivity contribution in [1.82, 2.24) is 4.90 Å². The normalized spacial score (nSPS) is 20.3. The lowest BCUT2D eigenvalue weighted by Gasteiger charge is -2.20. The van der Waals surface area contributed by atoms with Crippen LogP contribution in [0, 0.1) is 0 Å². The number of hydrogen-bond acceptors (Lipinski definition) is 2. The highest BCUT2D eigenvalue weighted by atomic mass is 35.5. The van der Waals surface area contributed by atoms with Gasteiger partial charge in [-0.1, -0.05) is 32.9 Å². The summed E-state index contributed by atoms with van der Waals surface area (Å²) in [5.74, 6) is 1.73. The first-order valence-electron chi connectivity index (χ1n) is 7.54. The lowest BCUT2D eigenvalue weighted by atomic mass is 9.87. The minimum Gasteiger partial charge on any atom is -0.489 e. The number of nitrogens with zero attached hydrogens (tertiary/aromatic N) is 1. The second-order valence-corrected chi connectivity index (χ2v) is 7.02. The zero-order chi connectivity index (χ0) is 14.6. The van der Waals surface area contributed by atoms with Crippen molar-refractivity contribution < 1.29 is 4.74 Å². The number of rotatable bonds is 5. The van der Waals surface area contributed by atoms with Crippen LogP contribution in [0.3, 0.4) is 0 Å². The fraction of sp³-hybridized carbons (Fsp3) is 0.647. The predicted octanol–water partition coefficient (Wildman–Crippen LogP) is 4.07. The van der Waals surface area contributed by atoms with Crippen molar-refractivity contribution in [2.24, 2.45) is 0 Å². The molecule has 2 nitrogen and oxygen atoms in total. The number of alkyl halides is 1. The van der Waals surface area contributed by atoms with Gasteiger partial charge < -0.3 is 4.74 Å². The Morgan fingerprint density at radius 3 is 2.55 bits per heavy atom. The quantitative estimate of drug-likeness (QED) is 0.759. The first-order chi connectivity index (χ1) is 9.49. The van der Waals surface area contributed by atoms with Crippen LogP contribution in [0.5, 0.6) is 5.75 Å². The van der Waals surface area contributed by atoms with Crippen LogP contribution in [-0.4, -0.2) is 36.5 Å². The van der Waals surface area contributed by atoms with Crippen LogP contribution in [0.4, 0.5) is 0 Å². The number of halogens is 1. The molecule has 0 aromatic heterocycles. The van der Waals surface area contributed by atoms with Crippen LogP contribution < -0.4 is 4.74 Å². The lowest BCUT2D eigenvalue weighted by Crippen LogP contribution is -2.26. The monoisotopic (exact) mass is 295 g/mol. The summed E-state index contributed by atoms with van der Waals surface area (Å²) in [6, 6.07) is 8.55. The maximum Gasteiger partial charge on any atom is 0.119 e. The number of likely N-dealkylation sites (tertiary alicyclic amines) is 1. The molecule has 0 N–H and O–H groups in total. The third kappa shape index (κ3) is 4.39. The maximum atomic E-state index is 6.08. The number of benzene rings is 1. The van der Waals surface area contributed by atoms with Crippen molar-refractivity contribution in [2.75, 3.05) is 25.5 Å². The van der Waals surface area contributed by atoms with Crippen molar-refractivity contribution >= 4 is 11.6 Å². The van der Waals surface area contributed by atoms with Gasteiger partial charge in [-0.05, 0) is 42.5 Å². The Hall–Kier alpha value is -0.730. The molecule has 1 aromatic carbocycles. The van der Waals surface area contributed by atoms with Gasteiger partial charge in [-0.2, -0.15) is 0 Å². The Bertz CT molecular complexity index is 410. The molecule has 0 bridgehead atoms. The molecule has 0 saturated carbocycles. The minimum atomic E-state index is 0.199. The van der Waals surface area contributed by atoms with Crippen LogP contribution >= 0.6 is 11.6 Å². The van der Waals surface area contributed by atoms with E-state index < -0.39 is 0 Å². The van der Waals surface area contributed by atoms with Crippen molar-refractivity contribution in [3.8, 4) is 5.75 Å². The first-order valence-corrected chi connectivity index (χ1v) is 8.08. The van der Waals surface area contributed by atoms with E-state index in [1.54, 1.807) is 0 Å². The summed E-state index contributed by atoms with van der Waals surface area (Å²) in [4.78, 5) is 2.44. The fourth-order valence-electron chi connectivity index (χ4n) is 2.61. The van der Waals surface area contributed by atoms with Crippen molar-refractivity contribution in [3.05, 3.63) is 29.8 Å². The van der Waals surface area contributed by atoms with Gasteiger partial charge in [0.15, 0.2) is 0 Å². The van der Waals surface area contributed by atoms with E-state index >= 15 is 0 Å². The molecule has 1 fully saturated rings. The summed E-state index contributed by atoms with van der Waals surface area (Å²) in [7, 11) is 0. The van der Waals surface area contributed by atoms with E-state index in [0.717, 1.165) is 44.1 Å². The van der Waals surface area contributed by atoms with Gasteiger partial charge in [0.2, 0.25) is 0 Å². The zero-order valence-electron chi connectivity index (χ0n) is 12.9. The highest BCUT2D eigenvalue weighted by molar-refractivity contribution is 6.17. The highest BCUT2D eigenvalue weighted by Gasteiger charge is 2.23. The van der Waals surface area contributed by atoms with E-state index in [2.05, 4.69) is 49.9 Å². The molecule has 1 atom stereocenters. The molecule has 0 amide bonds. The molecule has 0 aliphatic carbocycles. The fourth-order valence-corrected chi connectivity index (χ4v) is 2.73. The second-order valence-electron chi connectivity index (χ2n) is 6.65. The summed E-state index contributed by atoms with van der Waals surface area (Å²) < 4.78 is 6.08. The molecule has 1 aliphatic heterocycles. The average Bonchev–Trinajstić information content (AvgIpc) is 2.83. The molecule has 0 unspecified atom stereocenters. The molecule has 3 heteroatoms. The Morgan fingerprint density at radius 1 is 1.25 bits per heavy atom. The molecule has 1 saturated heterocycles. The average molecular weight is 296 g/mol. The number of ether oxygens (including phenoxy) is 1. The SMILES string of the molecule is CC(C)(C)c1ccc(O[C@H]2CCN(CCCCl)C2)cc1. The summed E-state index contributed by atoms with van der Waals surface area (Å²) in [5, 5.41) is 0. The van der Waals surface area contributed by atoms with Crippen LogP contribution in [0.25, 0.3) is 0 Å². The Morgan fingerprint density at radius 2 is 1.95 bits per heavy atom. The smallest absolute Gasteiger partial charge is 0.119 e. The Balaban J connectivity index is 1.85. The third-order valence-electron chi connectivity index (χ3n) is 3.86. The second kappa shape index (κ2) is 6.82. The number of hydrogen-bond donors (Lipinski definition) is 0. The van der Waals surface area contributed by atoms with Crippen molar-refractivity contribution in [1.29, 1.82) is 0 Å². The summed E-state index contributed by atoms with van der Waals surface area (Å²) in [5.41, 5.74) is 1.55. The minimum absolute atomic E-state index is 0.199. The predicted molar refractivity (Wildman–Crippen MR) is 86.0 cm³/mol. The lowest BCUT2D eigenvalue weighted by molar-refractivity contribution is 0.200. The highest BCUT2D eigenvalue weighted by Crippen LogP contribution is 2.25. The summed E-state index contributed by atoms with van der Waals surface area (Å²) >= 11 is 5.74. The molecular weight excluding hydrogens is 270 g/mol. The van der Waals surface area contributed by atoms with Crippen LogP contribution in [0.1, 0.15) is 39.2 Å².